The van der Waals surface area contributed by atoms with Crippen LogP contribution in [0.5, 0.6) is 5.75 Å². The van der Waals surface area contributed by atoms with E-state index in [0.29, 0.717) is 55.1 Å². The van der Waals surface area contributed by atoms with Gasteiger partial charge in [-0.25, -0.2) is 27.1 Å². The molecule has 0 spiro atoms. The molecule has 2 aliphatic heterocycles. The van der Waals surface area contributed by atoms with E-state index >= 15 is 0 Å². The van der Waals surface area contributed by atoms with Gasteiger partial charge in [0.1, 0.15) is 23.3 Å². The molecule has 1 unspecified atom stereocenters. The predicted octanol–water partition coefficient (Wildman–Crippen LogP) is 2.42. The lowest BCUT2D eigenvalue weighted by Crippen LogP contribution is -2.41. The third kappa shape index (κ3) is 5.81. The van der Waals surface area contributed by atoms with Gasteiger partial charge in [-0.1, -0.05) is 11.2 Å². The molecule has 1 N–H and O–H groups in total. The summed E-state index contributed by atoms with van der Waals surface area (Å²) in [6.45, 7) is 4.48. The summed E-state index contributed by atoms with van der Waals surface area (Å²) in [6, 6.07) is 5.96. The smallest absolute Gasteiger partial charge is 0.270 e. The number of benzene rings is 1. The number of ether oxygens (including phenoxy) is 1. The number of nitrogens with zero attached hydrogens (tertiary/aromatic N) is 4. The Bertz CT molecular complexity index is 1260. The van der Waals surface area contributed by atoms with E-state index in [1.165, 1.54) is 19.2 Å². The van der Waals surface area contributed by atoms with Gasteiger partial charge in [-0.3, -0.25) is 4.79 Å². The maximum absolute atomic E-state index is 13.6. The van der Waals surface area contributed by atoms with Crippen molar-refractivity contribution in [3.8, 4) is 5.75 Å². The molecule has 36 heavy (non-hydrogen) atoms. The van der Waals surface area contributed by atoms with Crippen LogP contribution in [0.2, 0.25) is 0 Å². The molecule has 4 rings (SSSR count). The van der Waals surface area contributed by atoms with Gasteiger partial charge in [0.2, 0.25) is 10.0 Å². The van der Waals surface area contributed by atoms with Crippen molar-refractivity contribution < 1.29 is 27.2 Å². The van der Waals surface area contributed by atoms with Crippen molar-refractivity contribution in [3.63, 3.8) is 0 Å². The fourth-order valence-electron chi connectivity index (χ4n) is 4.43. The Kier molecular flexibility index (Phi) is 7.84. The minimum atomic E-state index is -3.18. The molecule has 194 valence electrons. The summed E-state index contributed by atoms with van der Waals surface area (Å²) in [4.78, 5) is 27.2. The van der Waals surface area contributed by atoms with Crippen LogP contribution in [0.1, 0.15) is 53.8 Å². The monoisotopic (exact) mass is 519 g/mol. The number of carbonyl (C=O) groups is 1. The van der Waals surface area contributed by atoms with E-state index in [2.05, 4.69) is 20.4 Å². The highest BCUT2D eigenvalue weighted by Crippen LogP contribution is 2.30. The van der Waals surface area contributed by atoms with Crippen molar-refractivity contribution in [2.75, 3.05) is 26.0 Å². The quantitative estimate of drug-likeness (QED) is 0.568. The van der Waals surface area contributed by atoms with E-state index < -0.39 is 21.7 Å². The van der Waals surface area contributed by atoms with Crippen molar-refractivity contribution in [1.82, 2.24) is 19.6 Å². The van der Waals surface area contributed by atoms with E-state index in [0.717, 1.165) is 0 Å². The molecule has 12 heteroatoms. The first-order valence-electron chi connectivity index (χ1n) is 11.9. The highest BCUT2D eigenvalue weighted by molar-refractivity contribution is 7.89. The zero-order valence-electron chi connectivity index (χ0n) is 20.5. The molecule has 1 saturated heterocycles. The first kappa shape index (κ1) is 26.0. The van der Waals surface area contributed by atoms with E-state index in [1.807, 2.05) is 0 Å². The lowest BCUT2D eigenvalue weighted by Gasteiger charge is -2.32. The average Bonchev–Trinajstić information content (AvgIpc) is 3.38. The zero-order valence-corrected chi connectivity index (χ0v) is 21.3. The van der Waals surface area contributed by atoms with Crippen LogP contribution in [0.15, 0.2) is 29.4 Å². The Hall–Kier alpha value is -3.12. The van der Waals surface area contributed by atoms with E-state index in [4.69, 9.17) is 9.57 Å². The highest BCUT2D eigenvalue weighted by Gasteiger charge is 2.35. The number of piperidine rings is 1. The molecule has 1 aromatic carbocycles. The van der Waals surface area contributed by atoms with Gasteiger partial charge in [0.15, 0.2) is 11.6 Å². The van der Waals surface area contributed by atoms with Gasteiger partial charge in [0.25, 0.3) is 5.91 Å². The van der Waals surface area contributed by atoms with Gasteiger partial charge < -0.3 is 14.9 Å². The fraction of sp³-hybridized carbons (Fsp3) is 0.500. The van der Waals surface area contributed by atoms with Gasteiger partial charge >= 0.3 is 0 Å². The number of aromatic nitrogens is 2. The molecule has 1 atom stereocenters. The maximum atomic E-state index is 13.6. The number of hydrogen-bond donors (Lipinski definition) is 1. The van der Waals surface area contributed by atoms with E-state index in [9.17, 15) is 17.6 Å². The second-order valence-corrected chi connectivity index (χ2v) is 11.1. The number of rotatable bonds is 8. The molecule has 1 amide bonds. The number of halogens is 1. The van der Waals surface area contributed by atoms with E-state index in [1.54, 1.807) is 30.3 Å². The minimum absolute atomic E-state index is 0.103. The maximum Gasteiger partial charge on any atom is 0.270 e. The van der Waals surface area contributed by atoms with Crippen molar-refractivity contribution >= 4 is 21.6 Å². The lowest BCUT2D eigenvalue weighted by atomic mass is 9.89. The normalized spacial score (nSPS) is 19.0. The topological polar surface area (TPSA) is 123 Å². The summed E-state index contributed by atoms with van der Waals surface area (Å²) in [5.74, 6) is -0.0540. The molecule has 2 aromatic rings. The summed E-state index contributed by atoms with van der Waals surface area (Å²) in [5, 5.41) is 7.00. The molecule has 0 saturated carbocycles. The molecular weight excluding hydrogens is 489 g/mol. The summed E-state index contributed by atoms with van der Waals surface area (Å²) in [6.07, 6.45) is 1.78. The van der Waals surface area contributed by atoms with Crippen molar-refractivity contribution in [2.24, 2.45) is 11.1 Å². The van der Waals surface area contributed by atoms with Crippen LogP contribution in [-0.2, 0) is 21.4 Å². The third-order valence-corrected chi connectivity index (χ3v) is 8.39. The largest absolute Gasteiger partial charge is 0.494 e. The van der Waals surface area contributed by atoms with Crippen LogP contribution in [0.25, 0.3) is 0 Å². The Morgan fingerprint density at radius 3 is 2.69 bits per heavy atom. The van der Waals surface area contributed by atoms with Gasteiger partial charge in [0, 0.05) is 32.0 Å². The standard InChI is InChI=1S/C24H30FN5O5S/c1-4-36(32,33)30-9-7-17(8-10-30)22-13-20(29-35-22)19-12-21(28-15(2)27-19)24(31)26-14-16-5-6-18(25)23(11-16)34-3/h5-6,11-12,17,22H,4,7-10,13-14H2,1-3H3,(H,26,31). The van der Waals surface area contributed by atoms with E-state index in [-0.39, 0.29) is 35.8 Å². The second-order valence-electron chi connectivity index (χ2n) is 8.86. The molecule has 10 nitrogen and oxygen atoms in total. The average molecular weight is 520 g/mol. The number of nitrogens with one attached hydrogen (secondary N) is 1. The van der Waals surface area contributed by atoms with Gasteiger partial charge in [-0.2, -0.15) is 0 Å². The Labute approximate surface area is 209 Å². The number of sulfonamides is 1. The van der Waals surface area contributed by atoms with Crippen molar-refractivity contribution in [2.45, 2.75) is 45.8 Å². The first-order chi connectivity index (χ1) is 17.2. The van der Waals surface area contributed by atoms with Crippen LogP contribution in [0.3, 0.4) is 0 Å². The molecule has 0 radical (unpaired) electrons. The van der Waals surface area contributed by atoms with Gasteiger partial charge in [0.05, 0.1) is 18.6 Å². The Morgan fingerprint density at radius 2 is 2.00 bits per heavy atom. The predicted molar refractivity (Wildman–Crippen MR) is 131 cm³/mol. The summed E-state index contributed by atoms with van der Waals surface area (Å²) in [5.41, 5.74) is 2.02. The van der Waals surface area contributed by atoms with Crippen LogP contribution < -0.4 is 10.1 Å². The first-order valence-corrected chi connectivity index (χ1v) is 13.5. The molecular formula is C24H30FN5O5S. The summed E-state index contributed by atoms with van der Waals surface area (Å²) < 4.78 is 44.4. The Morgan fingerprint density at radius 1 is 1.25 bits per heavy atom. The number of aryl methyl sites for hydroxylation is 1. The third-order valence-electron chi connectivity index (χ3n) is 6.51. The second kappa shape index (κ2) is 10.9. The number of carbonyl (C=O) groups excluding carboxylic acids is 1. The molecule has 1 fully saturated rings. The van der Waals surface area contributed by atoms with Crippen LogP contribution >= 0.6 is 0 Å². The van der Waals surface area contributed by atoms with Crippen LogP contribution in [0.4, 0.5) is 4.39 Å². The number of methoxy groups -OCH3 is 1. The lowest BCUT2D eigenvalue weighted by molar-refractivity contribution is 0.0225. The fourth-order valence-corrected chi connectivity index (χ4v) is 5.56. The number of oxime groups is 1. The SMILES string of the molecule is CCS(=O)(=O)N1CCC(C2CC(c3cc(C(=O)NCc4ccc(F)c(OC)c4)nc(C)n3)=NO2)CC1. The molecule has 0 bridgehead atoms. The number of amides is 1. The van der Waals surface area contributed by atoms with Gasteiger partial charge in [-0.15, -0.1) is 0 Å². The van der Waals surface area contributed by atoms with Crippen LogP contribution in [-0.4, -0.2) is 66.4 Å². The van der Waals surface area contributed by atoms with Gasteiger partial charge in [-0.05, 0) is 50.5 Å². The molecule has 0 aliphatic carbocycles. The molecule has 2 aliphatic rings. The van der Waals surface area contributed by atoms with Crippen LogP contribution in [0, 0.1) is 18.7 Å². The minimum Gasteiger partial charge on any atom is -0.494 e. The summed E-state index contributed by atoms with van der Waals surface area (Å²) >= 11 is 0. The van der Waals surface area contributed by atoms with Crippen molar-refractivity contribution in [1.29, 1.82) is 0 Å². The summed E-state index contributed by atoms with van der Waals surface area (Å²) in [7, 11) is -1.80. The number of hydrogen-bond acceptors (Lipinski definition) is 8. The molecule has 1 aromatic heterocycles. The molecule has 3 heterocycles. The highest BCUT2D eigenvalue weighted by atomic mass is 32.2. The Balaban J connectivity index is 1.37. The zero-order chi connectivity index (χ0) is 25.9. The van der Waals surface area contributed by atoms with Crippen molar-refractivity contribution in [3.05, 3.63) is 52.9 Å².